The molecule has 1 rings (SSSR count). The number of hydrogen-bond donors (Lipinski definition) is 2. The molecule has 6 heteroatoms. The van der Waals surface area contributed by atoms with Crippen molar-refractivity contribution < 1.29 is 25.5 Å². The van der Waals surface area contributed by atoms with E-state index in [1.165, 1.54) is 0 Å². The molecule has 0 aromatic carbocycles. The lowest BCUT2D eigenvalue weighted by atomic mass is 10.0. The number of rotatable bonds is 6. The van der Waals surface area contributed by atoms with E-state index in [0.717, 1.165) is 0 Å². The minimum atomic E-state index is -1.19. The predicted molar refractivity (Wildman–Crippen MR) is 49.4 cm³/mol. The van der Waals surface area contributed by atoms with E-state index >= 15 is 0 Å². The number of aliphatic carboxylic acids is 2. The number of H-pyrrole nitrogens is 1. The Labute approximate surface area is 92.1 Å². The van der Waals surface area contributed by atoms with Gasteiger partial charge < -0.3 is 30.5 Å². The minimum absolute atomic E-state index is 0.130. The largest absolute Gasteiger partial charge is 0.550 e. The Hall–Kier alpha value is -1.82. The zero-order valence-electron chi connectivity index (χ0n) is 8.75. The van der Waals surface area contributed by atoms with Gasteiger partial charge in [-0.1, -0.05) is 0 Å². The zero-order valence-corrected chi connectivity index (χ0v) is 8.75. The average Bonchev–Trinajstić information content (AvgIpc) is 2.56. The molecule has 0 amide bonds. The fourth-order valence-electron chi connectivity index (χ4n) is 1.59. The van der Waals surface area contributed by atoms with Gasteiger partial charge in [-0.3, -0.25) is 0 Å². The first-order valence-corrected chi connectivity index (χ1v) is 4.91. The molecule has 0 bridgehead atoms. The summed E-state index contributed by atoms with van der Waals surface area (Å²) in [4.78, 5) is 23.8. The number of nitrogens with one attached hydrogen (secondary N) is 1. The van der Waals surface area contributed by atoms with Gasteiger partial charge in [0.15, 0.2) is 0 Å². The fraction of sp³-hybridized carbons (Fsp3) is 0.400. The summed E-state index contributed by atoms with van der Waals surface area (Å²) < 4.78 is 0. The molecule has 4 N–H and O–H groups in total. The van der Waals surface area contributed by atoms with Crippen molar-refractivity contribution in [3.8, 4) is 0 Å². The second-order valence-electron chi connectivity index (χ2n) is 3.44. The number of carboxylic acid groups (broad SMARTS) is 2. The molecule has 0 saturated heterocycles. The molecule has 1 aromatic heterocycles. The summed E-state index contributed by atoms with van der Waals surface area (Å²) in [6.07, 6.45) is 1.51. The molecule has 0 aliphatic rings. The summed E-state index contributed by atoms with van der Waals surface area (Å²) in [5, 5.41) is 20.9. The van der Waals surface area contributed by atoms with Gasteiger partial charge in [-0.25, -0.2) is 0 Å². The van der Waals surface area contributed by atoms with Crippen molar-refractivity contribution in [1.29, 1.82) is 0 Å². The van der Waals surface area contributed by atoms with Crippen LogP contribution in [0.3, 0.4) is 0 Å². The molecule has 0 atom stereocenters. The number of quaternary nitrogens is 1. The maximum Gasteiger partial charge on any atom is 0.115 e. The van der Waals surface area contributed by atoms with Gasteiger partial charge in [0.25, 0.3) is 0 Å². The van der Waals surface area contributed by atoms with Crippen LogP contribution in [0.15, 0.2) is 6.20 Å². The van der Waals surface area contributed by atoms with E-state index in [4.69, 9.17) is 0 Å². The van der Waals surface area contributed by atoms with Crippen molar-refractivity contribution in [2.24, 2.45) is 0 Å². The molecule has 0 spiro atoms. The van der Waals surface area contributed by atoms with Crippen LogP contribution in [0, 0.1) is 0 Å². The van der Waals surface area contributed by atoms with Gasteiger partial charge >= 0.3 is 0 Å². The first-order chi connectivity index (χ1) is 7.54. The predicted octanol–water partition coefficient (Wildman–Crippen LogP) is -3.27. The van der Waals surface area contributed by atoms with Gasteiger partial charge in [-0.2, -0.15) is 0 Å². The van der Waals surface area contributed by atoms with Crippen LogP contribution in [-0.2, 0) is 29.0 Å². The van der Waals surface area contributed by atoms with E-state index in [0.29, 0.717) is 23.4 Å². The molecule has 0 unspecified atom stereocenters. The van der Waals surface area contributed by atoms with E-state index in [1.54, 1.807) is 6.20 Å². The van der Waals surface area contributed by atoms with Crippen molar-refractivity contribution in [1.82, 2.24) is 4.98 Å². The molecule has 6 nitrogen and oxygen atoms in total. The van der Waals surface area contributed by atoms with E-state index in [9.17, 15) is 19.8 Å². The van der Waals surface area contributed by atoms with Crippen molar-refractivity contribution in [2.75, 3.05) is 0 Å². The van der Waals surface area contributed by atoms with Crippen LogP contribution < -0.4 is 15.9 Å². The summed E-state index contributed by atoms with van der Waals surface area (Å²) in [5.74, 6) is -2.35. The van der Waals surface area contributed by atoms with Gasteiger partial charge in [0.2, 0.25) is 0 Å². The Balaban J connectivity index is 2.86. The Morgan fingerprint density at radius 3 is 2.50 bits per heavy atom. The number of carboxylic acids is 2. The average molecular weight is 225 g/mol. The lowest BCUT2D eigenvalue weighted by Crippen LogP contribution is -2.48. The van der Waals surface area contributed by atoms with Crippen LogP contribution >= 0.6 is 0 Å². The third kappa shape index (κ3) is 3.09. The van der Waals surface area contributed by atoms with Gasteiger partial charge in [0.1, 0.15) is 6.54 Å². The SMILES string of the molecule is [NH3+]Cc1[nH]cc(CCC(=O)[O-])c1CC(=O)[O-]. The Kier molecular flexibility index (Phi) is 4.07. The van der Waals surface area contributed by atoms with E-state index in [1.807, 2.05) is 0 Å². The quantitative estimate of drug-likeness (QED) is 0.527. The maximum absolute atomic E-state index is 10.6. The number of carbonyl (C=O) groups excluding carboxylic acids is 2. The van der Waals surface area contributed by atoms with Crippen LogP contribution in [-0.4, -0.2) is 16.9 Å². The maximum atomic E-state index is 10.6. The molecule has 88 valence electrons. The third-order valence-corrected chi connectivity index (χ3v) is 2.34. The lowest BCUT2D eigenvalue weighted by Gasteiger charge is -2.07. The van der Waals surface area contributed by atoms with Crippen LogP contribution in [0.1, 0.15) is 23.2 Å². The summed E-state index contributed by atoms with van der Waals surface area (Å²) in [5.41, 5.74) is 5.62. The Morgan fingerprint density at radius 2 is 2.00 bits per heavy atom. The number of hydrogen-bond acceptors (Lipinski definition) is 4. The molecule has 1 aromatic rings. The molecule has 16 heavy (non-hydrogen) atoms. The summed E-state index contributed by atoms with van der Waals surface area (Å²) >= 11 is 0. The van der Waals surface area contributed by atoms with E-state index < -0.39 is 11.9 Å². The van der Waals surface area contributed by atoms with Crippen LogP contribution in [0.4, 0.5) is 0 Å². The Morgan fingerprint density at radius 1 is 1.31 bits per heavy atom. The second-order valence-corrected chi connectivity index (χ2v) is 3.44. The highest BCUT2D eigenvalue weighted by molar-refractivity contribution is 5.69. The normalized spacial score (nSPS) is 10.3. The van der Waals surface area contributed by atoms with Crippen molar-refractivity contribution in [3.63, 3.8) is 0 Å². The van der Waals surface area contributed by atoms with Crippen molar-refractivity contribution in [3.05, 3.63) is 23.0 Å². The fourth-order valence-corrected chi connectivity index (χ4v) is 1.59. The molecule has 1 heterocycles. The van der Waals surface area contributed by atoms with Gasteiger partial charge in [0, 0.05) is 24.6 Å². The first-order valence-electron chi connectivity index (χ1n) is 4.91. The second kappa shape index (κ2) is 5.32. The molecule has 0 fully saturated rings. The van der Waals surface area contributed by atoms with Gasteiger partial charge in [0.05, 0.1) is 5.69 Å². The summed E-state index contributed by atoms with van der Waals surface area (Å²) in [6.45, 7) is 0.425. The minimum Gasteiger partial charge on any atom is -0.550 e. The molecule has 0 saturated carbocycles. The number of aromatic nitrogens is 1. The van der Waals surface area contributed by atoms with Crippen LogP contribution in [0.25, 0.3) is 0 Å². The summed E-state index contributed by atoms with van der Waals surface area (Å²) in [6, 6.07) is 0. The molecule has 0 aliphatic heterocycles. The molecular formula is C10H13N2O4-. The first kappa shape index (κ1) is 12.3. The smallest absolute Gasteiger partial charge is 0.115 e. The zero-order chi connectivity index (χ0) is 12.1. The monoisotopic (exact) mass is 225 g/mol. The van der Waals surface area contributed by atoms with E-state index in [2.05, 4.69) is 10.7 Å². The topological polar surface area (TPSA) is 124 Å². The number of aromatic amines is 1. The summed E-state index contributed by atoms with van der Waals surface area (Å²) in [7, 11) is 0. The highest BCUT2D eigenvalue weighted by Crippen LogP contribution is 2.16. The number of carbonyl (C=O) groups is 2. The standard InChI is InChI=1S/C10H14N2O4/c11-4-8-7(3-10(15)16)6(5-12-8)1-2-9(13)14/h5,12H,1-4,11H2,(H,13,14)(H,15,16)/p-1. The van der Waals surface area contributed by atoms with E-state index in [-0.39, 0.29) is 19.3 Å². The molecule has 0 radical (unpaired) electrons. The Bertz CT molecular complexity index is 398. The van der Waals surface area contributed by atoms with Gasteiger partial charge in [-0.15, -0.1) is 0 Å². The van der Waals surface area contributed by atoms with Crippen LogP contribution in [0.2, 0.25) is 0 Å². The van der Waals surface area contributed by atoms with Gasteiger partial charge in [-0.05, 0) is 24.0 Å². The third-order valence-electron chi connectivity index (χ3n) is 2.34. The lowest BCUT2D eigenvalue weighted by molar-refractivity contribution is -0.387. The number of aryl methyl sites for hydroxylation is 1. The van der Waals surface area contributed by atoms with Crippen molar-refractivity contribution >= 4 is 11.9 Å². The highest BCUT2D eigenvalue weighted by Gasteiger charge is 2.11. The van der Waals surface area contributed by atoms with Crippen molar-refractivity contribution in [2.45, 2.75) is 25.8 Å². The highest BCUT2D eigenvalue weighted by atomic mass is 16.4. The van der Waals surface area contributed by atoms with Crippen LogP contribution in [0.5, 0.6) is 0 Å². The molecular weight excluding hydrogens is 212 g/mol. The molecule has 0 aliphatic carbocycles.